The highest BCUT2D eigenvalue weighted by Gasteiger charge is 2.03. The number of rotatable bonds is 17. The summed E-state index contributed by atoms with van der Waals surface area (Å²) < 4.78 is 25.9. The van der Waals surface area contributed by atoms with E-state index in [-0.39, 0.29) is 12.2 Å². The van der Waals surface area contributed by atoms with Gasteiger partial charge in [0.2, 0.25) is 0 Å². The lowest BCUT2D eigenvalue weighted by Gasteiger charge is -2.13. The first-order valence-electron chi connectivity index (χ1n) is 9.82. The molecule has 0 heterocycles. The molecule has 0 radical (unpaired) electrons. The third kappa shape index (κ3) is 33.7. The van der Waals surface area contributed by atoms with Crippen molar-refractivity contribution < 1.29 is 23.2 Å². The minimum absolute atomic E-state index is 0.260. The van der Waals surface area contributed by atoms with Crippen LogP contribution in [0.4, 0.5) is 0 Å². The Hall–Kier alpha value is -0.330. The standard InChI is InChI=1S/C16H38N4O2.CH4O3S/c1-3-17-11-7-15(21)13-19-9-5-6-10-20-14-16(22)8-12-18-4-2;1-5(2,3)4/h15-22H,3-14H2,1-2H3;1H3,(H,2,3,4). The third-order valence-corrected chi connectivity index (χ3v) is 3.53. The Kier molecular flexibility index (Phi) is 21.8. The SMILES string of the molecule is CCNCCC(O)CNCCCCNCC(O)CCNCC.CS(=O)(=O)O. The molecule has 166 valence electrons. The molecule has 7 N–H and O–H groups in total. The average molecular weight is 415 g/mol. The van der Waals surface area contributed by atoms with Gasteiger partial charge >= 0.3 is 0 Å². The second kappa shape index (κ2) is 20.4. The Balaban J connectivity index is 0. The second-order valence-corrected chi connectivity index (χ2v) is 7.91. The predicted octanol–water partition coefficient (Wildman–Crippen LogP) is -0.829. The Bertz CT molecular complexity index is 369. The molecule has 0 fully saturated rings. The fourth-order valence-corrected chi connectivity index (χ4v) is 2.13. The van der Waals surface area contributed by atoms with Crippen LogP contribution in [0.5, 0.6) is 0 Å². The molecule has 0 aliphatic rings. The highest BCUT2D eigenvalue weighted by molar-refractivity contribution is 7.85. The number of aliphatic hydroxyl groups is 2. The first kappa shape index (κ1) is 28.9. The maximum Gasteiger partial charge on any atom is 0.261 e. The number of hydrogen-bond acceptors (Lipinski definition) is 8. The van der Waals surface area contributed by atoms with Gasteiger partial charge in [-0.15, -0.1) is 0 Å². The number of hydrogen-bond donors (Lipinski definition) is 7. The van der Waals surface area contributed by atoms with Crippen molar-refractivity contribution >= 4 is 10.1 Å². The lowest BCUT2D eigenvalue weighted by molar-refractivity contribution is 0.159. The van der Waals surface area contributed by atoms with Gasteiger partial charge in [0.15, 0.2) is 0 Å². The van der Waals surface area contributed by atoms with Crippen molar-refractivity contribution in [1.82, 2.24) is 21.3 Å². The molecule has 0 aromatic carbocycles. The molecule has 0 rings (SSSR count). The second-order valence-electron chi connectivity index (χ2n) is 6.44. The van der Waals surface area contributed by atoms with Gasteiger partial charge in [-0.05, 0) is 65.0 Å². The molecule has 0 bridgehead atoms. The summed E-state index contributed by atoms with van der Waals surface area (Å²) in [5, 5.41) is 32.4. The monoisotopic (exact) mass is 414 g/mol. The zero-order valence-corrected chi connectivity index (χ0v) is 18.0. The van der Waals surface area contributed by atoms with Crippen LogP contribution < -0.4 is 21.3 Å². The van der Waals surface area contributed by atoms with Gasteiger partial charge in [0, 0.05) is 13.1 Å². The van der Waals surface area contributed by atoms with E-state index in [1.807, 2.05) is 0 Å². The highest BCUT2D eigenvalue weighted by Crippen LogP contribution is 1.91. The van der Waals surface area contributed by atoms with E-state index in [4.69, 9.17) is 4.55 Å². The first-order valence-corrected chi connectivity index (χ1v) is 11.7. The zero-order chi connectivity index (χ0) is 21.0. The van der Waals surface area contributed by atoms with Crippen molar-refractivity contribution in [1.29, 1.82) is 0 Å². The molecule has 0 aromatic heterocycles. The van der Waals surface area contributed by atoms with Gasteiger partial charge in [-0.25, -0.2) is 0 Å². The molecule has 27 heavy (non-hydrogen) atoms. The number of aliphatic hydroxyl groups excluding tert-OH is 2. The van der Waals surface area contributed by atoms with E-state index in [0.717, 1.165) is 65.0 Å². The summed E-state index contributed by atoms with van der Waals surface area (Å²) in [5.41, 5.74) is 0. The van der Waals surface area contributed by atoms with Crippen LogP contribution in [0.3, 0.4) is 0 Å². The van der Waals surface area contributed by atoms with Gasteiger partial charge < -0.3 is 31.5 Å². The van der Waals surface area contributed by atoms with Gasteiger partial charge in [0.05, 0.1) is 18.5 Å². The van der Waals surface area contributed by atoms with Crippen molar-refractivity contribution in [3.05, 3.63) is 0 Å². The maximum atomic E-state index is 9.72. The van der Waals surface area contributed by atoms with Gasteiger partial charge in [0.1, 0.15) is 0 Å². The molecule has 9 nitrogen and oxygen atoms in total. The van der Waals surface area contributed by atoms with Crippen LogP contribution in [0.1, 0.15) is 39.5 Å². The summed E-state index contributed by atoms with van der Waals surface area (Å²) >= 11 is 0. The molecule has 0 saturated carbocycles. The zero-order valence-electron chi connectivity index (χ0n) is 17.2. The van der Waals surface area contributed by atoms with E-state index in [9.17, 15) is 18.6 Å². The van der Waals surface area contributed by atoms with E-state index in [1.165, 1.54) is 0 Å². The highest BCUT2D eigenvalue weighted by atomic mass is 32.2. The van der Waals surface area contributed by atoms with Crippen molar-refractivity contribution in [2.75, 3.05) is 58.6 Å². The summed E-state index contributed by atoms with van der Waals surface area (Å²) in [6, 6.07) is 0. The summed E-state index contributed by atoms with van der Waals surface area (Å²) in [4.78, 5) is 0. The molecule has 0 amide bonds. The van der Waals surface area contributed by atoms with E-state index >= 15 is 0 Å². The van der Waals surface area contributed by atoms with Crippen molar-refractivity contribution in [3.63, 3.8) is 0 Å². The van der Waals surface area contributed by atoms with Crippen molar-refractivity contribution in [2.24, 2.45) is 0 Å². The quantitative estimate of drug-likeness (QED) is 0.120. The molecular weight excluding hydrogens is 372 g/mol. The Labute approximate surface area is 165 Å². The smallest absolute Gasteiger partial charge is 0.261 e. The Morgan fingerprint density at radius 3 is 1.37 bits per heavy atom. The normalized spacial score (nSPS) is 13.7. The summed E-state index contributed by atoms with van der Waals surface area (Å²) in [6.07, 6.45) is 3.96. The minimum atomic E-state index is -3.67. The Morgan fingerprint density at radius 2 is 1.07 bits per heavy atom. The van der Waals surface area contributed by atoms with Crippen LogP contribution in [-0.4, -0.2) is 94.0 Å². The largest absolute Gasteiger partial charge is 0.392 e. The van der Waals surface area contributed by atoms with Crippen LogP contribution >= 0.6 is 0 Å². The molecule has 0 spiro atoms. The molecule has 0 aliphatic heterocycles. The van der Waals surface area contributed by atoms with Gasteiger partial charge in [-0.3, -0.25) is 4.55 Å². The summed E-state index contributed by atoms with van der Waals surface area (Å²) in [5.74, 6) is 0. The van der Waals surface area contributed by atoms with Crippen LogP contribution in [-0.2, 0) is 10.1 Å². The summed E-state index contributed by atoms with van der Waals surface area (Å²) in [6.45, 7) is 11.0. The minimum Gasteiger partial charge on any atom is -0.392 e. The van der Waals surface area contributed by atoms with Gasteiger partial charge in [-0.1, -0.05) is 13.8 Å². The van der Waals surface area contributed by atoms with Crippen LogP contribution in [0.25, 0.3) is 0 Å². The lowest BCUT2D eigenvalue weighted by atomic mass is 10.2. The predicted molar refractivity (Wildman–Crippen MR) is 111 cm³/mol. The molecule has 0 aliphatic carbocycles. The van der Waals surface area contributed by atoms with E-state index < -0.39 is 10.1 Å². The molecular formula is C17H42N4O5S. The van der Waals surface area contributed by atoms with Gasteiger partial charge in [-0.2, -0.15) is 8.42 Å². The first-order chi connectivity index (χ1) is 12.7. The van der Waals surface area contributed by atoms with Crippen LogP contribution in [0.15, 0.2) is 0 Å². The van der Waals surface area contributed by atoms with Crippen LogP contribution in [0, 0.1) is 0 Å². The molecule has 2 unspecified atom stereocenters. The molecule has 10 heteroatoms. The van der Waals surface area contributed by atoms with Crippen molar-refractivity contribution in [3.8, 4) is 0 Å². The Morgan fingerprint density at radius 1 is 0.741 bits per heavy atom. The van der Waals surface area contributed by atoms with E-state index in [1.54, 1.807) is 0 Å². The molecule has 0 saturated heterocycles. The summed E-state index contributed by atoms with van der Waals surface area (Å²) in [7, 11) is -3.67. The topological polar surface area (TPSA) is 143 Å². The lowest BCUT2D eigenvalue weighted by Crippen LogP contribution is -2.32. The van der Waals surface area contributed by atoms with Crippen molar-refractivity contribution in [2.45, 2.75) is 51.7 Å². The van der Waals surface area contributed by atoms with Crippen LogP contribution in [0.2, 0.25) is 0 Å². The molecule has 2 atom stereocenters. The maximum absolute atomic E-state index is 9.72. The third-order valence-electron chi connectivity index (χ3n) is 3.53. The fourth-order valence-electron chi connectivity index (χ4n) is 2.13. The average Bonchev–Trinajstić information content (AvgIpc) is 2.56. The number of nitrogens with one attached hydrogen (secondary N) is 4. The van der Waals surface area contributed by atoms with E-state index in [2.05, 4.69) is 35.1 Å². The van der Waals surface area contributed by atoms with Gasteiger partial charge in [0.25, 0.3) is 10.1 Å². The molecule has 0 aromatic rings. The van der Waals surface area contributed by atoms with E-state index in [0.29, 0.717) is 19.3 Å². The fraction of sp³-hybridized carbons (Fsp3) is 1.00. The number of unbranched alkanes of at least 4 members (excludes halogenated alkanes) is 1.